The van der Waals surface area contributed by atoms with Crippen molar-refractivity contribution in [2.75, 3.05) is 0 Å². The number of benzene rings is 6. The summed E-state index contributed by atoms with van der Waals surface area (Å²) in [6.07, 6.45) is 0. The average Bonchev–Trinajstić information content (AvgIpc) is 3.57. The number of nitrogens with zero attached hydrogens (tertiary/aromatic N) is 1. The third kappa shape index (κ3) is 2.18. The van der Waals surface area contributed by atoms with Gasteiger partial charge in [-0.2, -0.15) is 0 Å². The number of aryl methyl sites for hydroxylation is 2. The summed E-state index contributed by atoms with van der Waals surface area (Å²) in [7, 11) is 0. The lowest BCUT2D eigenvalue weighted by molar-refractivity contribution is 1.07. The Labute approximate surface area is 209 Å². The summed E-state index contributed by atoms with van der Waals surface area (Å²) >= 11 is 0. The van der Waals surface area contributed by atoms with Gasteiger partial charge in [0.05, 0.1) is 16.7 Å². The van der Waals surface area contributed by atoms with Gasteiger partial charge in [0.15, 0.2) is 0 Å². The molecule has 0 radical (unpaired) electrons. The van der Waals surface area contributed by atoms with Crippen molar-refractivity contribution < 1.29 is 0 Å². The van der Waals surface area contributed by atoms with Crippen LogP contribution in [0.5, 0.6) is 0 Å². The van der Waals surface area contributed by atoms with Crippen LogP contribution in [0.1, 0.15) is 33.7 Å². The SMILES string of the molecule is Cc1cccc(C)c1-c1cc2c3cc4ccccc4cc3n3c2c2c1C2c1cc2ccccc2cc1-3. The van der Waals surface area contributed by atoms with E-state index in [2.05, 4.69) is 115 Å². The molecule has 0 amide bonds. The quantitative estimate of drug-likeness (QED) is 0.231. The summed E-state index contributed by atoms with van der Waals surface area (Å²) in [5.41, 5.74) is 14.1. The van der Waals surface area contributed by atoms with E-state index in [0.29, 0.717) is 5.92 Å². The third-order valence-electron chi connectivity index (χ3n) is 8.69. The van der Waals surface area contributed by atoms with E-state index in [4.69, 9.17) is 0 Å². The fourth-order valence-corrected chi connectivity index (χ4v) is 7.10. The summed E-state index contributed by atoms with van der Waals surface area (Å²) in [5.74, 6) is 0.391. The fourth-order valence-electron chi connectivity index (χ4n) is 7.10. The maximum atomic E-state index is 2.57. The molecule has 1 aromatic heterocycles. The summed E-state index contributed by atoms with van der Waals surface area (Å²) in [6, 6.07) is 36.4. The molecule has 0 saturated heterocycles. The molecule has 0 fully saturated rings. The second-order valence-electron chi connectivity index (χ2n) is 10.7. The molecule has 2 heterocycles. The van der Waals surface area contributed by atoms with Gasteiger partial charge in [-0.05, 0) is 105 Å². The van der Waals surface area contributed by atoms with Gasteiger partial charge in [0, 0.05) is 16.7 Å². The molecule has 0 saturated carbocycles. The number of fused-ring (bicyclic) bond motifs is 9. The lowest BCUT2D eigenvalue weighted by Crippen LogP contribution is -2.03. The Hall–Kier alpha value is -4.36. The van der Waals surface area contributed by atoms with Crippen molar-refractivity contribution in [1.82, 2.24) is 4.57 Å². The highest BCUT2D eigenvalue weighted by Crippen LogP contribution is 2.62. The van der Waals surface area contributed by atoms with Crippen LogP contribution >= 0.6 is 0 Å². The highest BCUT2D eigenvalue weighted by Gasteiger charge is 2.46. The van der Waals surface area contributed by atoms with E-state index in [1.807, 2.05) is 0 Å². The van der Waals surface area contributed by atoms with E-state index in [0.717, 1.165) is 0 Å². The van der Waals surface area contributed by atoms with E-state index >= 15 is 0 Å². The van der Waals surface area contributed by atoms with Gasteiger partial charge in [-0.15, -0.1) is 0 Å². The molecule has 0 bridgehead atoms. The largest absolute Gasteiger partial charge is 0.309 e. The Kier molecular flexibility index (Phi) is 3.28. The maximum absolute atomic E-state index is 2.57. The van der Waals surface area contributed by atoms with Crippen LogP contribution in [0.15, 0.2) is 97.1 Å². The maximum Gasteiger partial charge on any atom is 0.0586 e. The smallest absolute Gasteiger partial charge is 0.0586 e. The standard InChI is InChI=1S/C35H23N/c1-19-8-7-9-20(2)31(19)28-18-26-25-14-21-10-3-5-12-23(21)16-29(25)36-30-17-24-13-6-4-11-22(24)15-27(30)32-33(28)34(32)35(26)36/h3-18,32H,1-2H3. The van der Waals surface area contributed by atoms with Gasteiger partial charge in [0.25, 0.3) is 0 Å². The number of hydrogen-bond donors (Lipinski definition) is 0. The van der Waals surface area contributed by atoms with Crippen LogP contribution in [-0.2, 0) is 0 Å². The minimum absolute atomic E-state index is 0.391. The Morgan fingerprint density at radius 2 is 1.22 bits per heavy atom. The molecular weight excluding hydrogens is 434 g/mol. The van der Waals surface area contributed by atoms with Gasteiger partial charge in [-0.3, -0.25) is 0 Å². The first-order valence-electron chi connectivity index (χ1n) is 12.8. The van der Waals surface area contributed by atoms with Gasteiger partial charge in [0.2, 0.25) is 0 Å². The van der Waals surface area contributed by atoms with E-state index in [-0.39, 0.29) is 0 Å². The average molecular weight is 458 g/mol. The molecule has 1 heteroatoms. The molecule has 7 aromatic rings. The zero-order valence-electron chi connectivity index (χ0n) is 20.3. The second-order valence-corrected chi connectivity index (χ2v) is 10.7. The van der Waals surface area contributed by atoms with Crippen molar-refractivity contribution >= 4 is 43.4 Å². The highest BCUT2D eigenvalue weighted by molar-refractivity contribution is 6.19. The molecule has 1 aliphatic carbocycles. The molecule has 36 heavy (non-hydrogen) atoms. The molecule has 2 aliphatic rings. The Morgan fingerprint density at radius 3 is 1.94 bits per heavy atom. The van der Waals surface area contributed by atoms with Crippen molar-refractivity contribution in [2.45, 2.75) is 19.8 Å². The number of aromatic nitrogens is 1. The first kappa shape index (κ1) is 18.9. The van der Waals surface area contributed by atoms with Crippen molar-refractivity contribution in [2.24, 2.45) is 0 Å². The van der Waals surface area contributed by atoms with Gasteiger partial charge in [-0.1, -0.05) is 66.7 Å². The lowest BCUT2D eigenvalue weighted by atomic mass is 9.93. The van der Waals surface area contributed by atoms with Crippen LogP contribution in [0.2, 0.25) is 0 Å². The van der Waals surface area contributed by atoms with Crippen LogP contribution in [0.4, 0.5) is 0 Å². The zero-order valence-corrected chi connectivity index (χ0v) is 20.3. The van der Waals surface area contributed by atoms with Crippen molar-refractivity contribution in [3.63, 3.8) is 0 Å². The summed E-state index contributed by atoms with van der Waals surface area (Å²) in [6.45, 7) is 4.52. The molecule has 1 unspecified atom stereocenters. The van der Waals surface area contributed by atoms with Crippen LogP contribution in [0.3, 0.4) is 0 Å². The Bertz CT molecular complexity index is 2100. The minimum Gasteiger partial charge on any atom is -0.309 e. The first-order valence-corrected chi connectivity index (χ1v) is 12.8. The molecule has 1 nitrogen and oxygen atoms in total. The van der Waals surface area contributed by atoms with Gasteiger partial charge in [-0.25, -0.2) is 0 Å². The predicted molar refractivity (Wildman–Crippen MR) is 152 cm³/mol. The van der Waals surface area contributed by atoms with E-state index < -0.39 is 0 Å². The number of rotatable bonds is 1. The molecule has 6 aromatic carbocycles. The predicted octanol–water partition coefficient (Wildman–Crippen LogP) is 9.18. The second kappa shape index (κ2) is 6.25. The molecule has 9 rings (SSSR count). The van der Waals surface area contributed by atoms with Crippen LogP contribution in [-0.4, -0.2) is 4.57 Å². The Balaban J connectivity index is 1.51. The molecular formula is C35H23N. The van der Waals surface area contributed by atoms with Gasteiger partial charge < -0.3 is 4.57 Å². The molecule has 1 aliphatic heterocycles. The minimum atomic E-state index is 0.391. The first-order chi connectivity index (χ1) is 17.7. The summed E-state index contributed by atoms with van der Waals surface area (Å²) < 4.78 is 2.57. The van der Waals surface area contributed by atoms with Crippen LogP contribution < -0.4 is 0 Å². The molecule has 0 spiro atoms. The fraction of sp³-hybridized carbons (Fsp3) is 0.0857. The zero-order chi connectivity index (χ0) is 23.7. The number of hydrogen-bond acceptors (Lipinski definition) is 0. The van der Waals surface area contributed by atoms with E-state index in [1.54, 1.807) is 0 Å². The Morgan fingerprint density at radius 1 is 0.583 bits per heavy atom. The van der Waals surface area contributed by atoms with Crippen molar-refractivity contribution in [3.8, 4) is 16.8 Å². The van der Waals surface area contributed by atoms with Crippen LogP contribution in [0, 0.1) is 13.8 Å². The lowest BCUT2D eigenvalue weighted by Gasteiger charge is -2.18. The monoisotopic (exact) mass is 457 g/mol. The summed E-state index contributed by atoms with van der Waals surface area (Å²) in [5, 5.41) is 7.96. The normalized spacial score (nSPS) is 15.2. The highest BCUT2D eigenvalue weighted by atomic mass is 15.0. The summed E-state index contributed by atoms with van der Waals surface area (Å²) in [4.78, 5) is 0. The van der Waals surface area contributed by atoms with Crippen molar-refractivity contribution in [1.29, 1.82) is 0 Å². The topological polar surface area (TPSA) is 4.93 Å². The van der Waals surface area contributed by atoms with Crippen LogP contribution in [0.25, 0.3) is 60.2 Å². The van der Waals surface area contributed by atoms with Gasteiger partial charge >= 0.3 is 0 Å². The van der Waals surface area contributed by atoms with E-state index in [9.17, 15) is 0 Å². The third-order valence-corrected chi connectivity index (χ3v) is 8.69. The van der Waals surface area contributed by atoms with Gasteiger partial charge in [0.1, 0.15) is 0 Å². The molecule has 1 atom stereocenters. The molecule has 168 valence electrons. The van der Waals surface area contributed by atoms with E-state index in [1.165, 1.54) is 88.0 Å². The van der Waals surface area contributed by atoms with Crippen molar-refractivity contribution in [3.05, 3.63) is 125 Å². The molecule has 0 N–H and O–H groups in total.